The van der Waals surface area contributed by atoms with Gasteiger partial charge in [-0.15, -0.1) is 0 Å². The number of carbonyl (C=O) groups excluding carboxylic acids is 5. The number of hydrogen-bond acceptors (Lipinski definition) is 13. The molecule has 4 rings (SSSR count). The summed E-state index contributed by atoms with van der Waals surface area (Å²) >= 11 is 0. The topological polar surface area (TPSA) is 177 Å². The molecule has 2 aliphatic heterocycles. The molecule has 2 heterocycles. The number of nitrogens with zero attached hydrogens (tertiary/aromatic N) is 1. The Morgan fingerprint density at radius 3 is 1.80 bits per heavy atom. The number of hydrogen-bond donors (Lipinski definition) is 2. The minimum atomic E-state index is -1.01. The minimum Gasteiger partial charge on any atom is -0.460 e. The zero-order valence-corrected chi connectivity index (χ0v) is 27.4. The largest absolute Gasteiger partial charge is 0.460 e. The van der Waals surface area contributed by atoms with Crippen molar-refractivity contribution in [1.29, 1.82) is 0 Å². The first-order chi connectivity index (χ1) is 24.0. The molecule has 4 amide bonds. The van der Waals surface area contributed by atoms with Gasteiger partial charge in [0.25, 0.3) is 11.8 Å². The Labute approximate surface area is 284 Å². The molecule has 1 atom stereocenters. The third kappa shape index (κ3) is 12.0. The van der Waals surface area contributed by atoms with Crippen LogP contribution in [0, 0.1) is 0 Å². The molecule has 266 valence electrons. The Balaban J connectivity index is 0.914. The number of nitrogens with one attached hydrogen (secondary N) is 2. The fourth-order valence-corrected chi connectivity index (χ4v) is 4.97. The molecule has 2 N–H and O–H groups in total. The molecular formula is C34H43N3O12. The molecule has 1 saturated heterocycles. The van der Waals surface area contributed by atoms with Crippen LogP contribution in [0.25, 0.3) is 0 Å². The van der Waals surface area contributed by atoms with E-state index in [1.54, 1.807) is 42.5 Å². The first-order valence-electron chi connectivity index (χ1n) is 16.2. The molecule has 2 aliphatic rings. The van der Waals surface area contributed by atoms with Gasteiger partial charge >= 0.3 is 5.97 Å². The van der Waals surface area contributed by atoms with Crippen molar-refractivity contribution in [3.8, 4) is 0 Å². The monoisotopic (exact) mass is 685 g/mol. The quantitative estimate of drug-likeness (QED) is 0.0923. The molecule has 1 unspecified atom stereocenters. The lowest BCUT2D eigenvalue weighted by molar-refractivity contribution is -0.136. The molecule has 15 nitrogen and oxygen atoms in total. The van der Waals surface area contributed by atoms with Crippen LogP contribution in [0.5, 0.6) is 0 Å². The molecule has 0 aromatic heterocycles. The van der Waals surface area contributed by atoms with E-state index in [0.717, 1.165) is 4.90 Å². The molecule has 0 saturated carbocycles. The number of amides is 4. The van der Waals surface area contributed by atoms with Crippen LogP contribution in [0.15, 0.2) is 48.5 Å². The van der Waals surface area contributed by atoms with Crippen molar-refractivity contribution in [2.24, 2.45) is 0 Å². The summed E-state index contributed by atoms with van der Waals surface area (Å²) in [6.07, 6.45) is 0.165. The van der Waals surface area contributed by atoms with E-state index in [2.05, 4.69) is 10.6 Å². The van der Waals surface area contributed by atoms with Crippen LogP contribution in [-0.4, -0.2) is 133 Å². The fourth-order valence-electron chi connectivity index (χ4n) is 4.97. The van der Waals surface area contributed by atoms with Crippen LogP contribution in [0.2, 0.25) is 0 Å². The lowest BCUT2D eigenvalue weighted by Crippen LogP contribution is -2.54. The molecule has 2 aromatic rings. The van der Waals surface area contributed by atoms with Gasteiger partial charge in [-0.25, -0.2) is 4.79 Å². The summed E-state index contributed by atoms with van der Waals surface area (Å²) in [6, 6.07) is 12.7. The number of esters is 1. The van der Waals surface area contributed by atoms with Crippen LogP contribution in [0.1, 0.15) is 43.9 Å². The molecule has 0 bridgehead atoms. The minimum absolute atomic E-state index is 0.0638. The summed E-state index contributed by atoms with van der Waals surface area (Å²) < 4.78 is 38.0. The SMILES string of the molecule is O=C1CCC(N2C(=O)c3cccc(NCCOCCOCCOCCOCCOCCOCCOC(=O)c4ccccc4)c3C2=O)C(=O)N1. The van der Waals surface area contributed by atoms with Gasteiger partial charge in [-0.2, -0.15) is 0 Å². The van der Waals surface area contributed by atoms with Crippen molar-refractivity contribution in [2.75, 3.05) is 97.8 Å². The maximum atomic E-state index is 13.1. The molecular weight excluding hydrogens is 642 g/mol. The van der Waals surface area contributed by atoms with E-state index in [1.165, 1.54) is 0 Å². The van der Waals surface area contributed by atoms with Crippen LogP contribution in [0.3, 0.4) is 0 Å². The standard InChI is InChI=1S/C34H43N3O12/c38-29-10-9-28(31(39)36-29)37-32(40)26-7-4-8-27(30(26)33(37)41)35-11-12-43-13-14-44-15-16-45-17-18-46-19-20-47-21-22-48-23-24-49-34(42)25-5-2-1-3-6-25/h1-8,28,35H,9-24H2,(H,36,38,39). The van der Waals surface area contributed by atoms with Gasteiger partial charge in [0.05, 0.1) is 96.0 Å². The van der Waals surface area contributed by atoms with Crippen LogP contribution < -0.4 is 10.6 Å². The third-order valence-corrected chi connectivity index (χ3v) is 7.36. The van der Waals surface area contributed by atoms with Crippen molar-refractivity contribution < 1.29 is 57.1 Å². The number of benzene rings is 2. The van der Waals surface area contributed by atoms with E-state index in [-0.39, 0.29) is 36.5 Å². The van der Waals surface area contributed by atoms with Crippen LogP contribution in [0.4, 0.5) is 5.69 Å². The molecule has 15 heteroatoms. The maximum absolute atomic E-state index is 13.1. The van der Waals surface area contributed by atoms with Crippen molar-refractivity contribution in [2.45, 2.75) is 18.9 Å². The molecule has 0 spiro atoms. The number of ether oxygens (including phenoxy) is 7. The lowest BCUT2D eigenvalue weighted by atomic mass is 10.0. The second kappa shape index (κ2) is 21.0. The van der Waals surface area contributed by atoms with Gasteiger partial charge in [0.15, 0.2) is 0 Å². The van der Waals surface area contributed by atoms with Gasteiger partial charge in [-0.05, 0) is 30.7 Å². The highest BCUT2D eigenvalue weighted by Gasteiger charge is 2.45. The van der Waals surface area contributed by atoms with Crippen molar-refractivity contribution in [3.63, 3.8) is 0 Å². The highest BCUT2D eigenvalue weighted by atomic mass is 16.6. The van der Waals surface area contributed by atoms with Gasteiger partial charge in [0, 0.05) is 18.7 Å². The average Bonchev–Trinajstić information content (AvgIpc) is 3.36. The second-order valence-corrected chi connectivity index (χ2v) is 10.8. The Bertz CT molecular complexity index is 1390. The summed E-state index contributed by atoms with van der Waals surface area (Å²) in [5, 5.41) is 5.32. The third-order valence-electron chi connectivity index (χ3n) is 7.36. The van der Waals surface area contributed by atoms with Gasteiger partial charge < -0.3 is 38.5 Å². The Morgan fingerprint density at radius 1 is 0.673 bits per heavy atom. The van der Waals surface area contributed by atoms with E-state index in [1.807, 2.05) is 6.07 Å². The first kappa shape index (κ1) is 37.6. The molecule has 2 aromatic carbocycles. The van der Waals surface area contributed by atoms with E-state index >= 15 is 0 Å². The van der Waals surface area contributed by atoms with E-state index in [0.29, 0.717) is 97.1 Å². The van der Waals surface area contributed by atoms with Gasteiger partial charge in [0.1, 0.15) is 12.6 Å². The number of imide groups is 2. The molecule has 49 heavy (non-hydrogen) atoms. The summed E-state index contributed by atoms with van der Waals surface area (Å²) in [6.45, 7) is 5.30. The number of anilines is 1. The van der Waals surface area contributed by atoms with E-state index < -0.39 is 29.7 Å². The van der Waals surface area contributed by atoms with Crippen LogP contribution in [-0.2, 0) is 42.7 Å². The summed E-state index contributed by atoms with van der Waals surface area (Å²) in [5.41, 5.74) is 1.40. The normalized spacial score (nSPS) is 15.8. The van der Waals surface area contributed by atoms with Gasteiger partial charge in [-0.3, -0.25) is 29.4 Å². The van der Waals surface area contributed by atoms with Crippen molar-refractivity contribution in [3.05, 3.63) is 65.2 Å². The maximum Gasteiger partial charge on any atom is 0.338 e. The Hall–Kier alpha value is -4.25. The summed E-state index contributed by atoms with van der Waals surface area (Å²) in [4.78, 5) is 62.6. The van der Waals surface area contributed by atoms with Gasteiger partial charge in [-0.1, -0.05) is 24.3 Å². The van der Waals surface area contributed by atoms with E-state index in [4.69, 9.17) is 33.2 Å². The number of fused-ring (bicyclic) bond motifs is 1. The smallest absolute Gasteiger partial charge is 0.338 e. The number of rotatable bonds is 24. The number of carbonyl (C=O) groups is 5. The zero-order chi connectivity index (χ0) is 34.7. The highest BCUT2D eigenvalue weighted by Crippen LogP contribution is 2.32. The number of piperidine rings is 1. The average molecular weight is 686 g/mol. The molecule has 0 radical (unpaired) electrons. The molecule has 1 fully saturated rings. The zero-order valence-electron chi connectivity index (χ0n) is 27.4. The molecule has 0 aliphatic carbocycles. The van der Waals surface area contributed by atoms with E-state index in [9.17, 15) is 24.0 Å². The van der Waals surface area contributed by atoms with Gasteiger partial charge in [0.2, 0.25) is 11.8 Å². The highest BCUT2D eigenvalue weighted by molar-refractivity contribution is 6.25. The first-order valence-corrected chi connectivity index (χ1v) is 16.2. The summed E-state index contributed by atoms with van der Waals surface area (Å²) in [7, 11) is 0. The lowest BCUT2D eigenvalue weighted by Gasteiger charge is -2.27. The second-order valence-electron chi connectivity index (χ2n) is 10.8. The summed E-state index contributed by atoms with van der Waals surface area (Å²) in [5.74, 6) is -2.55. The van der Waals surface area contributed by atoms with Crippen molar-refractivity contribution in [1.82, 2.24) is 10.2 Å². The van der Waals surface area contributed by atoms with Crippen LogP contribution >= 0.6 is 0 Å². The predicted molar refractivity (Wildman–Crippen MR) is 173 cm³/mol. The fraction of sp³-hybridized carbons (Fsp3) is 0.500. The Kier molecular flexibility index (Phi) is 16.1. The Morgan fingerprint density at radius 2 is 1.22 bits per heavy atom. The van der Waals surface area contributed by atoms with Crippen molar-refractivity contribution >= 4 is 35.3 Å². The predicted octanol–water partition coefficient (Wildman–Crippen LogP) is 1.46.